The molecule has 0 saturated carbocycles. The lowest BCUT2D eigenvalue weighted by molar-refractivity contribution is 0.0982. The zero-order valence-corrected chi connectivity index (χ0v) is 11.0. The molecule has 0 unspecified atom stereocenters. The molecule has 0 atom stereocenters. The van der Waals surface area contributed by atoms with E-state index in [1.165, 1.54) is 11.3 Å². The van der Waals surface area contributed by atoms with E-state index in [-0.39, 0.29) is 11.6 Å². The summed E-state index contributed by atoms with van der Waals surface area (Å²) in [4.78, 5) is 26.0. The normalized spacial score (nSPS) is 13.5. The van der Waals surface area contributed by atoms with Gasteiger partial charge in [-0.05, 0) is 6.07 Å². The summed E-state index contributed by atoms with van der Waals surface area (Å²) < 4.78 is 0. The van der Waals surface area contributed by atoms with Crippen molar-refractivity contribution in [3.8, 4) is 0 Å². The molecule has 0 radical (unpaired) electrons. The summed E-state index contributed by atoms with van der Waals surface area (Å²) in [5.41, 5.74) is 4.09. The number of benzene rings is 1. The summed E-state index contributed by atoms with van der Waals surface area (Å²) in [6.45, 7) is 0. The third-order valence-corrected chi connectivity index (χ3v) is 4.01. The van der Waals surface area contributed by atoms with Crippen molar-refractivity contribution in [2.24, 2.45) is 5.10 Å². The van der Waals surface area contributed by atoms with Gasteiger partial charge in [-0.1, -0.05) is 24.3 Å². The van der Waals surface area contributed by atoms with E-state index in [1.807, 2.05) is 0 Å². The van der Waals surface area contributed by atoms with Crippen molar-refractivity contribution in [1.29, 1.82) is 0 Å². The second kappa shape index (κ2) is 4.44. The van der Waals surface area contributed by atoms with Gasteiger partial charge in [-0.2, -0.15) is 5.10 Å². The molecule has 0 spiro atoms. The van der Waals surface area contributed by atoms with Crippen LogP contribution in [0.2, 0.25) is 0 Å². The molecule has 0 amide bonds. The van der Waals surface area contributed by atoms with E-state index in [2.05, 4.69) is 10.5 Å². The topological polar surface area (TPSA) is 58.5 Å². The average Bonchev–Trinajstić information content (AvgIpc) is 2.87. The lowest BCUT2D eigenvalue weighted by Gasteiger charge is -2.12. The number of hydrogen-bond acceptors (Lipinski definition) is 5. The number of thiophene rings is 1. The maximum Gasteiger partial charge on any atom is 0.204 e. The maximum absolute atomic E-state index is 12.3. The monoisotopic (exact) mass is 270 g/mol. The first-order valence-electron chi connectivity index (χ1n) is 5.74. The van der Waals surface area contributed by atoms with E-state index in [0.717, 1.165) is 4.88 Å². The van der Waals surface area contributed by atoms with Crippen molar-refractivity contribution >= 4 is 29.1 Å². The van der Waals surface area contributed by atoms with Gasteiger partial charge in [0, 0.05) is 28.6 Å². The molecule has 1 N–H and O–H groups in total. The Hall–Kier alpha value is -2.27. The first-order chi connectivity index (χ1) is 9.22. The van der Waals surface area contributed by atoms with Gasteiger partial charge in [0.05, 0.1) is 11.1 Å². The molecule has 4 nitrogen and oxygen atoms in total. The molecule has 5 heteroatoms. The molecule has 1 aliphatic carbocycles. The summed E-state index contributed by atoms with van der Waals surface area (Å²) in [7, 11) is 1.69. The smallest absolute Gasteiger partial charge is 0.204 e. The predicted molar refractivity (Wildman–Crippen MR) is 74.3 cm³/mol. The Morgan fingerprint density at radius 1 is 1.11 bits per heavy atom. The minimum atomic E-state index is -0.0921. The van der Waals surface area contributed by atoms with Crippen LogP contribution in [0.1, 0.15) is 36.0 Å². The van der Waals surface area contributed by atoms with Crippen LogP contribution < -0.4 is 5.43 Å². The van der Waals surface area contributed by atoms with Crippen molar-refractivity contribution in [3.05, 3.63) is 56.8 Å². The van der Waals surface area contributed by atoms with Crippen LogP contribution in [0.3, 0.4) is 0 Å². The molecule has 0 aliphatic heterocycles. The van der Waals surface area contributed by atoms with Crippen LogP contribution in [0.4, 0.5) is 0 Å². The van der Waals surface area contributed by atoms with Crippen molar-refractivity contribution in [1.82, 2.24) is 5.43 Å². The summed E-state index contributed by atoms with van der Waals surface area (Å²) in [5.74, 6) is -0.176. The third kappa shape index (κ3) is 1.79. The summed E-state index contributed by atoms with van der Waals surface area (Å²) >= 11 is 1.29. The van der Waals surface area contributed by atoms with E-state index < -0.39 is 0 Å². The molecular formula is C14H10N2O2S. The number of nitrogens with zero attached hydrogens (tertiary/aromatic N) is 1. The number of carbonyl (C=O) groups is 2. The van der Waals surface area contributed by atoms with Crippen molar-refractivity contribution < 1.29 is 9.59 Å². The Labute approximate surface area is 113 Å². The molecule has 0 fully saturated rings. The van der Waals surface area contributed by atoms with Gasteiger partial charge < -0.3 is 5.43 Å². The van der Waals surface area contributed by atoms with E-state index in [0.29, 0.717) is 21.6 Å². The van der Waals surface area contributed by atoms with Gasteiger partial charge in [-0.3, -0.25) is 9.59 Å². The summed E-state index contributed by atoms with van der Waals surface area (Å²) in [6.07, 6.45) is 1.61. The van der Waals surface area contributed by atoms with Gasteiger partial charge in [0.1, 0.15) is 0 Å². The van der Waals surface area contributed by atoms with Crippen LogP contribution in [0, 0.1) is 0 Å². The number of carbonyl (C=O) groups excluding carboxylic acids is 2. The Balaban J connectivity index is 2.15. The summed E-state index contributed by atoms with van der Waals surface area (Å²) in [5, 5.41) is 3.90. The van der Waals surface area contributed by atoms with Crippen LogP contribution in [0.25, 0.3) is 0 Å². The largest absolute Gasteiger partial charge is 0.313 e. The Kier molecular flexibility index (Phi) is 2.76. The first kappa shape index (κ1) is 11.8. The quantitative estimate of drug-likeness (QED) is 0.573. The Morgan fingerprint density at radius 3 is 2.47 bits per heavy atom. The molecule has 19 heavy (non-hydrogen) atoms. The number of fused-ring (bicyclic) bond motifs is 2. The van der Waals surface area contributed by atoms with Crippen molar-refractivity contribution in [2.75, 3.05) is 7.05 Å². The van der Waals surface area contributed by atoms with Gasteiger partial charge in [0.2, 0.25) is 5.78 Å². The molecule has 3 rings (SSSR count). The molecular weight excluding hydrogens is 260 g/mol. The molecule has 0 saturated heterocycles. The van der Waals surface area contributed by atoms with Gasteiger partial charge in [0.25, 0.3) is 0 Å². The molecule has 0 bridgehead atoms. The molecule has 1 aromatic heterocycles. The minimum absolute atomic E-state index is 0.0840. The zero-order chi connectivity index (χ0) is 13.4. The number of rotatable bonds is 2. The van der Waals surface area contributed by atoms with Gasteiger partial charge in [-0.15, -0.1) is 11.3 Å². The maximum atomic E-state index is 12.3. The fraction of sp³-hybridized carbons (Fsp3) is 0.0714. The molecule has 2 aromatic rings. The van der Waals surface area contributed by atoms with Gasteiger partial charge in [0.15, 0.2) is 5.78 Å². The highest BCUT2D eigenvalue weighted by molar-refractivity contribution is 7.16. The number of hydrogen-bond donors (Lipinski definition) is 1. The predicted octanol–water partition coefficient (Wildman–Crippen LogP) is 2.08. The number of nitrogens with one attached hydrogen (secondary N) is 1. The molecule has 94 valence electrons. The van der Waals surface area contributed by atoms with Crippen molar-refractivity contribution in [3.63, 3.8) is 0 Å². The molecule has 1 aliphatic rings. The fourth-order valence-corrected chi connectivity index (χ4v) is 3.07. The number of hydrazone groups is 1. The fourth-order valence-electron chi connectivity index (χ4n) is 2.09. The number of ketones is 2. The van der Waals surface area contributed by atoms with Gasteiger partial charge >= 0.3 is 0 Å². The molecule has 1 aromatic carbocycles. The highest BCUT2D eigenvalue weighted by Gasteiger charge is 2.31. The van der Waals surface area contributed by atoms with Crippen molar-refractivity contribution in [2.45, 2.75) is 0 Å². The van der Waals surface area contributed by atoms with Crippen LogP contribution >= 0.6 is 11.3 Å². The highest BCUT2D eigenvalue weighted by atomic mass is 32.1. The average molecular weight is 270 g/mol. The van der Waals surface area contributed by atoms with Crippen LogP contribution in [0.5, 0.6) is 0 Å². The Morgan fingerprint density at radius 2 is 1.79 bits per heavy atom. The van der Waals surface area contributed by atoms with E-state index in [9.17, 15) is 9.59 Å². The zero-order valence-electron chi connectivity index (χ0n) is 10.1. The summed E-state index contributed by atoms with van der Waals surface area (Å²) in [6, 6.07) is 8.64. The Bertz CT molecular complexity index is 663. The van der Waals surface area contributed by atoms with Gasteiger partial charge in [-0.25, -0.2) is 0 Å². The SMILES string of the molecule is CN/N=C/c1cc2c(s1)C(=O)c1ccccc1C2=O. The van der Waals surface area contributed by atoms with Crippen LogP contribution in [0.15, 0.2) is 35.4 Å². The van der Waals surface area contributed by atoms with E-state index >= 15 is 0 Å². The second-order valence-corrected chi connectivity index (χ2v) is 5.16. The van der Waals surface area contributed by atoms with Crippen LogP contribution in [-0.2, 0) is 0 Å². The lowest BCUT2D eigenvalue weighted by atomic mass is 9.89. The third-order valence-electron chi connectivity index (χ3n) is 2.94. The van der Waals surface area contributed by atoms with Crippen LogP contribution in [-0.4, -0.2) is 24.8 Å². The highest BCUT2D eigenvalue weighted by Crippen LogP contribution is 2.32. The minimum Gasteiger partial charge on any atom is -0.313 e. The second-order valence-electron chi connectivity index (χ2n) is 4.08. The standard InChI is InChI=1S/C14H10N2O2S/c1-15-16-7-8-6-11-12(17)9-4-2-3-5-10(9)13(18)14(11)19-8/h2-7,15H,1H3/b16-7+. The first-order valence-corrected chi connectivity index (χ1v) is 6.56. The lowest BCUT2D eigenvalue weighted by Crippen LogP contribution is -2.18. The molecule has 1 heterocycles. The van der Waals surface area contributed by atoms with E-state index in [1.54, 1.807) is 43.6 Å². The van der Waals surface area contributed by atoms with E-state index in [4.69, 9.17) is 0 Å².